The number of ether oxygens (including phenoxy) is 2. The van der Waals surface area contributed by atoms with Gasteiger partial charge in [-0.3, -0.25) is 4.79 Å². The first-order valence-corrected chi connectivity index (χ1v) is 6.29. The van der Waals surface area contributed by atoms with Gasteiger partial charge in [0.2, 0.25) is 5.06 Å². The molecule has 2 aliphatic rings. The first-order chi connectivity index (χ1) is 7.83. The number of fused-ring (bicyclic) bond motifs is 1. The third-order valence-electron chi connectivity index (χ3n) is 2.83. The van der Waals surface area contributed by atoms with E-state index in [4.69, 9.17) is 9.47 Å². The molecule has 0 spiro atoms. The molecule has 3 rings (SSSR count). The molecule has 0 aromatic carbocycles. The summed E-state index contributed by atoms with van der Waals surface area (Å²) in [6.07, 6.45) is 1.23. The van der Waals surface area contributed by atoms with Crippen molar-refractivity contribution in [3.63, 3.8) is 0 Å². The zero-order valence-corrected chi connectivity index (χ0v) is 9.64. The van der Waals surface area contributed by atoms with E-state index in [0.29, 0.717) is 31.8 Å². The number of thiophene rings is 1. The SMILES string of the molecule is O=C1CCNC(c2cc3c(s2)OCCO3)C1. The number of hydrogen-bond acceptors (Lipinski definition) is 5. The molecule has 1 unspecified atom stereocenters. The van der Waals surface area contributed by atoms with E-state index < -0.39 is 0 Å². The quantitative estimate of drug-likeness (QED) is 0.807. The Balaban J connectivity index is 1.83. The largest absolute Gasteiger partial charge is 0.485 e. The standard InChI is InChI=1S/C11H13NO3S/c13-7-1-2-12-8(5-7)10-6-9-11(16-10)15-4-3-14-9/h6,8,12H,1-5H2. The first kappa shape index (κ1) is 10.1. The van der Waals surface area contributed by atoms with Crippen LogP contribution in [0.15, 0.2) is 6.07 Å². The third kappa shape index (κ3) is 1.81. The van der Waals surface area contributed by atoms with Crippen LogP contribution in [0.5, 0.6) is 10.8 Å². The summed E-state index contributed by atoms with van der Waals surface area (Å²) in [5.74, 6) is 1.16. The average Bonchev–Trinajstić information content (AvgIpc) is 2.72. The summed E-state index contributed by atoms with van der Waals surface area (Å²) in [7, 11) is 0. The molecule has 1 fully saturated rings. The fourth-order valence-electron chi connectivity index (χ4n) is 2.02. The summed E-state index contributed by atoms with van der Waals surface area (Å²) in [6.45, 7) is 2.00. The second kappa shape index (κ2) is 4.07. The number of Topliss-reactive ketones (excluding diaryl/α,β-unsaturated/α-hetero) is 1. The molecule has 0 aliphatic carbocycles. The van der Waals surface area contributed by atoms with Crippen LogP contribution in [0.3, 0.4) is 0 Å². The van der Waals surface area contributed by atoms with Crippen molar-refractivity contribution in [2.75, 3.05) is 19.8 Å². The number of rotatable bonds is 1. The van der Waals surface area contributed by atoms with Crippen molar-refractivity contribution in [2.24, 2.45) is 0 Å². The maximum atomic E-state index is 11.4. The zero-order valence-electron chi connectivity index (χ0n) is 8.82. The van der Waals surface area contributed by atoms with Crippen molar-refractivity contribution in [1.29, 1.82) is 0 Å². The number of ketones is 1. The highest BCUT2D eigenvalue weighted by molar-refractivity contribution is 7.14. The number of piperidine rings is 1. The van der Waals surface area contributed by atoms with Gasteiger partial charge >= 0.3 is 0 Å². The van der Waals surface area contributed by atoms with Crippen LogP contribution in [0.4, 0.5) is 0 Å². The third-order valence-corrected chi connectivity index (χ3v) is 3.97. The van der Waals surface area contributed by atoms with Gasteiger partial charge in [-0.05, 0) is 6.07 Å². The second-order valence-corrected chi connectivity index (χ2v) is 5.04. The molecule has 4 nitrogen and oxygen atoms in total. The van der Waals surface area contributed by atoms with Crippen LogP contribution in [0.2, 0.25) is 0 Å². The molecular formula is C11H13NO3S. The maximum Gasteiger partial charge on any atom is 0.217 e. The Morgan fingerprint density at radius 3 is 3.06 bits per heavy atom. The molecule has 1 saturated heterocycles. The van der Waals surface area contributed by atoms with Crippen molar-refractivity contribution in [1.82, 2.24) is 5.32 Å². The number of carbonyl (C=O) groups excluding carboxylic acids is 1. The normalized spacial score (nSPS) is 24.5. The summed E-state index contributed by atoms with van der Waals surface area (Å²) in [4.78, 5) is 12.5. The van der Waals surface area contributed by atoms with E-state index in [2.05, 4.69) is 5.32 Å². The molecule has 2 aliphatic heterocycles. The van der Waals surface area contributed by atoms with Crippen molar-refractivity contribution in [3.05, 3.63) is 10.9 Å². The van der Waals surface area contributed by atoms with Crippen molar-refractivity contribution >= 4 is 17.1 Å². The van der Waals surface area contributed by atoms with Gasteiger partial charge in [0.1, 0.15) is 19.0 Å². The number of carbonyl (C=O) groups is 1. The summed E-state index contributed by atoms with van der Waals surface area (Å²) in [5, 5.41) is 4.20. The van der Waals surface area contributed by atoms with E-state index in [9.17, 15) is 4.79 Å². The molecular weight excluding hydrogens is 226 g/mol. The van der Waals surface area contributed by atoms with Gasteiger partial charge in [-0.2, -0.15) is 0 Å². The van der Waals surface area contributed by atoms with E-state index in [1.54, 1.807) is 11.3 Å². The van der Waals surface area contributed by atoms with Gasteiger partial charge in [-0.25, -0.2) is 0 Å². The summed E-state index contributed by atoms with van der Waals surface area (Å²) < 4.78 is 11.0. The van der Waals surface area contributed by atoms with Crippen molar-refractivity contribution in [3.8, 4) is 10.8 Å². The lowest BCUT2D eigenvalue weighted by molar-refractivity contribution is -0.120. The van der Waals surface area contributed by atoms with Gasteiger partial charge in [0, 0.05) is 30.3 Å². The highest BCUT2D eigenvalue weighted by atomic mass is 32.1. The minimum Gasteiger partial charge on any atom is -0.485 e. The number of hydrogen-bond donors (Lipinski definition) is 1. The molecule has 1 atom stereocenters. The highest BCUT2D eigenvalue weighted by Crippen LogP contribution is 2.42. The summed E-state index contributed by atoms with van der Waals surface area (Å²) in [5.41, 5.74) is 0. The molecule has 0 saturated carbocycles. The molecule has 0 bridgehead atoms. The van der Waals surface area contributed by atoms with Crippen LogP contribution in [0.25, 0.3) is 0 Å². The van der Waals surface area contributed by atoms with Gasteiger partial charge in [-0.15, -0.1) is 0 Å². The molecule has 1 N–H and O–H groups in total. The van der Waals surface area contributed by atoms with Crippen molar-refractivity contribution in [2.45, 2.75) is 18.9 Å². The van der Waals surface area contributed by atoms with Crippen LogP contribution in [0.1, 0.15) is 23.8 Å². The van der Waals surface area contributed by atoms with Gasteiger partial charge in [-0.1, -0.05) is 11.3 Å². The molecule has 5 heteroatoms. The van der Waals surface area contributed by atoms with Gasteiger partial charge in [0.25, 0.3) is 0 Å². The fourth-order valence-corrected chi connectivity index (χ4v) is 3.07. The maximum absolute atomic E-state index is 11.4. The molecule has 16 heavy (non-hydrogen) atoms. The van der Waals surface area contributed by atoms with E-state index >= 15 is 0 Å². The molecule has 1 aromatic heterocycles. The minimum atomic E-state index is 0.143. The second-order valence-electron chi connectivity index (χ2n) is 4.00. The Morgan fingerprint density at radius 1 is 1.38 bits per heavy atom. The predicted molar refractivity (Wildman–Crippen MR) is 60.3 cm³/mol. The Bertz CT molecular complexity index is 392. The topological polar surface area (TPSA) is 47.6 Å². The molecule has 86 valence electrons. The van der Waals surface area contributed by atoms with E-state index in [1.807, 2.05) is 6.07 Å². The average molecular weight is 239 g/mol. The highest BCUT2D eigenvalue weighted by Gasteiger charge is 2.25. The lowest BCUT2D eigenvalue weighted by atomic mass is 10.0. The van der Waals surface area contributed by atoms with E-state index in [1.165, 1.54) is 0 Å². The Morgan fingerprint density at radius 2 is 2.25 bits per heavy atom. The van der Waals surface area contributed by atoms with Crippen LogP contribution >= 0.6 is 11.3 Å². The molecule has 1 aromatic rings. The van der Waals surface area contributed by atoms with Crippen LogP contribution in [-0.4, -0.2) is 25.5 Å². The van der Waals surface area contributed by atoms with Crippen LogP contribution < -0.4 is 14.8 Å². The lowest BCUT2D eigenvalue weighted by Crippen LogP contribution is -2.31. The Labute approximate surface area is 97.6 Å². The van der Waals surface area contributed by atoms with Crippen LogP contribution in [0, 0.1) is 0 Å². The summed E-state index contributed by atoms with van der Waals surface area (Å²) in [6, 6.07) is 2.14. The van der Waals surface area contributed by atoms with Gasteiger partial charge in [0.05, 0.1) is 0 Å². The van der Waals surface area contributed by atoms with Crippen molar-refractivity contribution < 1.29 is 14.3 Å². The van der Waals surface area contributed by atoms with Crippen LogP contribution in [-0.2, 0) is 4.79 Å². The summed E-state index contributed by atoms with van der Waals surface area (Å²) >= 11 is 1.58. The molecule has 3 heterocycles. The monoisotopic (exact) mass is 239 g/mol. The van der Waals surface area contributed by atoms with Gasteiger partial charge in [0.15, 0.2) is 5.75 Å². The smallest absolute Gasteiger partial charge is 0.217 e. The fraction of sp³-hybridized carbons (Fsp3) is 0.545. The predicted octanol–water partition coefficient (Wildman–Crippen LogP) is 1.51. The molecule has 0 amide bonds. The zero-order chi connectivity index (χ0) is 11.0. The lowest BCUT2D eigenvalue weighted by Gasteiger charge is -2.21. The molecule has 0 radical (unpaired) electrons. The van der Waals surface area contributed by atoms with E-state index in [-0.39, 0.29) is 6.04 Å². The van der Waals surface area contributed by atoms with E-state index in [0.717, 1.165) is 22.2 Å². The Kier molecular flexibility index (Phi) is 2.57. The Hall–Kier alpha value is -1.07. The van der Waals surface area contributed by atoms with Gasteiger partial charge < -0.3 is 14.8 Å². The first-order valence-electron chi connectivity index (χ1n) is 5.47. The minimum absolute atomic E-state index is 0.143. The number of nitrogens with one attached hydrogen (secondary N) is 1.